The number of aliphatic hydroxyl groups excluding tert-OH is 3. The minimum Gasteiger partial charge on any atom is -0.462 e. The molecule has 0 aromatic heterocycles. The maximum Gasteiger partial charge on any atom is 0.308 e. The van der Waals surface area contributed by atoms with Gasteiger partial charge in [0, 0.05) is 32.8 Å². The number of esters is 2. The maximum atomic E-state index is 12.9. The number of carbonyl (C=O) groups is 3. The van der Waals surface area contributed by atoms with E-state index in [-0.39, 0.29) is 31.6 Å². The van der Waals surface area contributed by atoms with E-state index in [2.05, 4.69) is 0 Å². The molecule has 4 N–H and O–H groups in total. The predicted octanol–water partition coefficient (Wildman–Crippen LogP) is 2.20. The van der Waals surface area contributed by atoms with E-state index in [9.17, 15) is 34.8 Å². The number of nitrogens with zero attached hydrogens (tertiary/aromatic N) is 1. The maximum absolute atomic E-state index is 12.9. The lowest BCUT2D eigenvalue weighted by Crippen LogP contribution is -2.66. The summed E-state index contributed by atoms with van der Waals surface area (Å²) in [5, 5.41) is 45.7. The van der Waals surface area contributed by atoms with Crippen molar-refractivity contribution in [2.45, 2.75) is 172 Å². The second-order valence-corrected chi connectivity index (χ2v) is 15.5. The average Bonchev–Trinajstić information content (AvgIpc) is 3.07. The van der Waals surface area contributed by atoms with Crippen LogP contribution < -0.4 is 0 Å². The molecular weight excluding hydrogens is 706 g/mol. The summed E-state index contributed by atoms with van der Waals surface area (Å²) in [6, 6.07) is -0.750. The van der Waals surface area contributed by atoms with E-state index in [1.807, 2.05) is 19.9 Å². The van der Waals surface area contributed by atoms with Gasteiger partial charge < -0.3 is 63.3 Å². The first-order valence-corrected chi connectivity index (χ1v) is 19.2. The number of allylic oxidation sites excluding steroid dienone is 2. The van der Waals surface area contributed by atoms with Gasteiger partial charge in [-0.15, -0.1) is 0 Å². The van der Waals surface area contributed by atoms with Crippen molar-refractivity contribution < 1.29 is 68.0 Å². The number of aldehydes is 1. The van der Waals surface area contributed by atoms with Crippen molar-refractivity contribution in [2.24, 2.45) is 11.8 Å². The fraction of sp³-hybridized carbons (Fsp3) is 0.821. The van der Waals surface area contributed by atoms with E-state index in [0.29, 0.717) is 12.8 Å². The van der Waals surface area contributed by atoms with Crippen molar-refractivity contribution in [1.82, 2.24) is 4.90 Å². The Hall–Kier alpha value is -2.31. The first kappa shape index (κ1) is 46.1. The lowest BCUT2D eigenvalue weighted by Gasteiger charge is -2.50. The molecule has 16 unspecified atom stereocenters. The highest BCUT2D eigenvalue weighted by Crippen LogP contribution is 2.37. The number of methoxy groups -OCH3 is 1. The van der Waals surface area contributed by atoms with Crippen LogP contribution in [-0.2, 0) is 47.5 Å². The van der Waals surface area contributed by atoms with Crippen LogP contribution in [-0.4, -0.2) is 150 Å². The third-order valence-corrected chi connectivity index (χ3v) is 10.5. The number of ether oxygens (including phenoxy) is 7. The molecule has 0 aliphatic carbocycles. The second kappa shape index (κ2) is 21.3. The number of aliphatic hydroxyl groups is 4. The molecule has 2 fully saturated rings. The summed E-state index contributed by atoms with van der Waals surface area (Å²) in [6.45, 7) is 10.4. The summed E-state index contributed by atoms with van der Waals surface area (Å²) in [5.41, 5.74) is -1.47. The zero-order chi connectivity index (χ0) is 40.3. The Labute approximate surface area is 319 Å². The van der Waals surface area contributed by atoms with Crippen LogP contribution in [0, 0.1) is 11.8 Å². The lowest BCUT2D eigenvalue weighted by atomic mass is 9.82. The van der Waals surface area contributed by atoms with Crippen LogP contribution in [0.2, 0.25) is 0 Å². The Balaban J connectivity index is 1.91. The van der Waals surface area contributed by atoms with Crippen LogP contribution in [0.25, 0.3) is 0 Å². The molecule has 310 valence electrons. The number of carbonyl (C=O) groups excluding carboxylic acids is 3. The molecular formula is C39H65NO14. The summed E-state index contributed by atoms with van der Waals surface area (Å²) in [5.74, 6) is -2.11. The van der Waals surface area contributed by atoms with Crippen LogP contribution in [0.15, 0.2) is 24.3 Å². The Morgan fingerprint density at radius 1 is 1.04 bits per heavy atom. The monoisotopic (exact) mass is 771 g/mol. The zero-order valence-electron chi connectivity index (χ0n) is 33.3. The van der Waals surface area contributed by atoms with Gasteiger partial charge in [0.2, 0.25) is 0 Å². The SMILES string of the molecule is CCCC(=O)OC1C(C)OC(OC2C(C)OC(OC3C(CC=O)CC(C)C(O)/C=C/C=C\CC(C)OC(=O)CC(O)C3OC)C(O)C2N(C)C)CC1(C)O. The van der Waals surface area contributed by atoms with Crippen LogP contribution >= 0.6 is 0 Å². The Kier molecular flexibility index (Phi) is 18.2. The molecule has 0 radical (unpaired) electrons. The summed E-state index contributed by atoms with van der Waals surface area (Å²) in [7, 11) is 4.86. The number of hydrogen-bond acceptors (Lipinski definition) is 15. The highest BCUT2D eigenvalue weighted by molar-refractivity contribution is 5.70. The number of rotatable bonds is 11. The topological polar surface area (TPSA) is 200 Å². The molecule has 3 rings (SSSR count). The first-order chi connectivity index (χ1) is 25.4. The highest BCUT2D eigenvalue weighted by Gasteiger charge is 2.52. The van der Waals surface area contributed by atoms with Gasteiger partial charge in [-0.05, 0) is 66.5 Å². The minimum absolute atomic E-state index is 0.0274. The summed E-state index contributed by atoms with van der Waals surface area (Å²) in [4.78, 5) is 39.0. The fourth-order valence-corrected chi connectivity index (χ4v) is 7.66. The summed E-state index contributed by atoms with van der Waals surface area (Å²) in [6.07, 6.45) is -3.26. The van der Waals surface area contributed by atoms with Crippen molar-refractivity contribution in [3.05, 3.63) is 24.3 Å². The van der Waals surface area contributed by atoms with Crippen molar-refractivity contribution >= 4 is 18.2 Å². The molecule has 0 saturated carbocycles. The summed E-state index contributed by atoms with van der Waals surface area (Å²) < 4.78 is 42.2. The molecule has 0 aromatic carbocycles. The minimum atomic E-state index is -1.47. The smallest absolute Gasteiger partial charge is 0.308 e. The van der Waals surface area contributed by atoms with Gasteiger partial charge in [-0.3, -0.25) is 9.59 Å². The molecule has 3 aliphatic heterocycles. The van der Waals surface area contributed by atoms with Gasteiger partial charge >= 0.3 is 11.9 Å². The Bertz CT molecular complexity index is 1240. The van der Waals surface area contributed by atoms with Crippen molar-refractivity contribution in [3.63, 3.8) is 0 Å². The number of cyclic esters (lactones) is 1. The van der Waals surface area contributed by atoms with Crippen LogP contribution in [0.3, 0.4) is 0 Å². The van der Waals surface area contributed by atoms with Gasteiger partial charge in [0.25, 0.3) is 0 Å². The highest BCUT2D eigenvalue weighted by atomic mass is 16.7. The van der Waals surface area contributed by atoms with Crippen molar-refractivity contribution in [3.8, 4) is 0 Å². The van der Waals surface area contributed by atoms with Gasteiger partial charge in [-0.2, -0.15) is 0 Å². The lowest BCUT2D eigenvalue weighted by molar-refractivity contribution is -0.344. The van der Waals surface area contributed by atoms with Gasteiger partial charge in [0.1, 0.15) is 36.3 Å². The molecule has 3 aliphatic rings. The van der Waals surface area contributed by atoms with Crippen molar-refractivity contribution in [2.75, 3.05) is 21.2 Å². The van der Waals surface area contributed by atoms with Gasteiger partial charge in [0.15, 0.2) is 18.7 Å². The van der Waals surface area contributed by atoms with Gasteiger partial charge in [0.05, 0.1) is 43.0 Å². The molecule has 0 aromatic rings. The standard InChI is InChI=1S/C39H65NO14/c1-10-14-29(44)52-37-25(5)50-31(21-39(37,6)47)53-34-24(4)51-38(33(46)32(34)40(7)8)54-35-26(17-18-41)19-22(2)27(42)16-13-11-12-15-23(3)49-30(45)20-28(43)36(35)48-9/h11-13,16,18,22-28,31-38,42-43,46-47H,10,14-15,17,19-21H2,1-9H3/b12-11-,16-13+. The van der Waals surface area contributed by atoms with E-state index in [1.54, 1.807) is 64.9 Å². The second-order valence-electron chi connectivity index (χ2n) is 15.5. The fourth-order valence-electron chi connectivity index (χ4n) is 7.66. The Morgan fingerprint density at radius 2 is 1.74 bits per heavy atom. The van der Waals surface area contributed by atoms with E-state index < -0.39 is 110 Å². The molecule has 15 heteroatoms. The molecule has 0 bridgehead atoms. The molecule has 16 atom stereocenters. The molecule has 0 spiro atoms. The largest absolute Gasteiger partial charge is 0.462 e. The van der Waals surface area contributed by atoms with Crippen molar-refractivity contribution in [1.29, 1.82) is 0 Å². The van der Waals surface area contributed by atoms with Crippen LogP contribution in [0.5, 0.6) is 0 Å². The number of likely N-dealkylation sites (N-methyl/N-ethyl adjacent to an activating group) is 1. The normalized spacial score (nSPS) is 42.9. The van der Waals surface area contributed by atoms with E-state index in [1.165, 1.54) is 7.11 Å². The molecule has 0 amide bonds. The molecule has 15 nitrogen and oxygen atoms in total. The summed E-state index contributed by atoms with van der Waals surface area (Å²) >= 11 is 0. The van der Waals surface area contributed by atoms with E-state index in [0.717, 1.165) is 6.29 Å². The molecule has 2 saturated heterocycles. The van der Waals surface area contributed by atoms with E-state index >= 15 is 0 Å². The van der Waals surface area contributed by atoms with Crippen LogP contribution in [0.1, 0.15) is 86.5 Å². The quantitative estimate of drug-likeness (QED) is 0.176. The van der Waals surface area contributed by atoms with Gasteiger partial charge in [-0.25, -0.2) is 0 Å². The van der Waals surface area contributed by atoms with Crippen LogP contribution in [0.4, 0.5) is 0 Å². The zero-order valence-corrected chi connectivity index (χ0v) is 33.3. The molecule has 54 heavy (non-hydrogen) atoms. The van der Waals surface area contributed by atoms with E-state index in [4.69, 9.17) is 33.2 Å². The first-order valence-electron chi connectivity index (χ1n) is 19.2. The predicted molar refractivity (Wildman–Crippen MR) is 196 cm³/mol. The Morgan fingerprint density at radius 3 is 2.35 bits per heavy atom. The third-order valence-electron chi connectivity index (χ3n) is 10.5. The molecule has 3 heterocycles. The average molecular weight is 772 g/mol. The third kappa shape index (κ3) is 12.6. The van der Waals surface area contributed by atoms with Gasteiger partial charge in [-0.1, -0.05) is 38.2 Å². The number of hydrogen-bond donors (Lipinski definition) is 4.